The lowest BCUT2D eigenvalue weighted by atomic mass is 10.2. The monoisotopic (exact) mass is 428 g/mol. The fourth-order valence-corrected chi connectivity index (χ4v) is 3.97. The smallest absolute Gasteiger partial charge is 0.348 e. The predicted molar refractivity (Wildman–Crippen MR) is 116 cm³/mol. The molecule has 0 radical (unpaired) electrons. The van der Waals surface area contributed by atoms with Crippen LogP contribution >= 0.6 is 23.1 Å². The SMILES string of the molecule is CCOC(=O)c1sc(NC(=O)CSc2n[nH]c(/C=C/c3ccccc3)n2)cc1C. The van der Waals surface area contributed by atoms with Crippen molar-refractivity contribution in [3.05, 3.63) is 58.2 Å². The first-order valence-corrected chi connectivity index (χ1v) is 10.7. The van der Waals surface area contributed by atoms with Gasteiger partial charge in [-0.3, -0.25) is 9.89 Å². The number of H-pyrrole nitrogens is 1. The van der Waals surface area contributed by atoms with Crippen molar-refractivity contribution in [2.45, 2.75) is 19.0 Å². The minimum atomic E-state index is -0.373. The van der Waals surface area contributed by atoms with Crippen LogP contribution in [0.4, 0.5) is 5.00 Å². The molecule has 0 aliphatic rings. The second kappa shape index (κ2) is 10.0. The van der Waals surface area contributed by atoms with Crippen molar-refractivity contribution in [2.24, 2.45) is 0 Å². The van der Waals surface area contributed by atoms with E-state index < -0.39 is 0 Å². The number of esters is 1. The van der Waals surface area contributed by atoms with Crippen LogP contribution < -0.4 is 5.32 Å². The van der Waals surface area contributed by atoms with E-state index in [2.05, 4.69) is 20.5 Å². The fourth-order valence-electron chi connectivity index (χ4n) is 2.38. The Balaban J connectivity index is 1.51. The summed E-state index contributed by atoms with van der Waals surface area (Å²) in [6, 6.07) is 11.6. The fraction of sp³-hybridized carbons (Fsp3) is 0.200. The number of anilines is 1. The standard InChI is InChI=1S/C20H20N4O3S2/c1-3-27-19(26)18-13(2)11-17(29-18)22-16(25)12-28-20-21-15(23-24-20)10-9-14-7-5-4-6-8-14/h4-11H,3,12H2,1-2H3,(H,22,25)(H,21,23,24)/b10-9+. The third-order valence-corrected chi connectivity index (χ3v) is 5.67. The molecule has 3 aromatic rings. The maximum absolute atomic E-state index is 12.2. The van der Waals surface area contributed by atoms with Crippen LogP contribution in [-0.2, 0) is 9.53 Å². The van der Waals surface area contributed by atoms with Gasteiger partial charge in [-0.1, -0.05) is 48.2 Å². The molecule has 0 atom stereocenters. The summed E-state index contributed by atoms with van der Waals surface area (Å²) in [4.78, 5) is 28.9. The minimum Gasteiger partial charge on any atom is -0.462 e. The molecule has 0 aliphatic heterocycles. The quantitative estimate of drug-likeness (QED) is 0.411. The number of benzene rings is 1. The molecular formula is C20H20N4O3S2. The summed E-state index contributed by atoms with van der Waals surface area (Å²) in [6.45, 7) is 3.88. The van der Waals surface area contributed by atoms with Crippen LogP contribution in [0, 0.1) is 6.92 Å². The minimum absolute atomic E-state index is 0.158. The number of thiophene rings is 1. The van der Waals surface area contributed by atoms with Crippen LogP contribution in [-0.4, -0.2) is 39.4 Å². The number of rotatable bonds is 8. The molecule has 0 saturated carbocycles. The lowest BCUT2D eigenvalue weighted by Crippen LogP contribution is -2.13. The van der Waals surface area contributed by atoms with Gasteiger partial charge in [0, 0.05) is 0 Å². The van der Waals surface area contributed by atoms with Gasteiger partial charge in [-0.15, -0.1) is 16.4 Å². The average Bonchev–Trinajstić information content (AvgIpc) is 3.32. The number of amides is 1. The number of thioether (sulfide) groups is 1. The van der Waals surface area contributed by atoms with Gasteiger partial charge in [0.15, 0.2) is 0 Å². The molecule has 0 fully saturated rings. The molecule has 7 nitrogen and oxygen atoms in total. The van der Waals surface area contributed by atoms with Crippen LogP contribution in [0.15, 0.2) is 41.6 Å². The summed E-state index contributed by atoms with van der Waals surface area (Å²) in [7, 11) is 0. The van der Waals surface area contributed by atoms with Gasteiger partial charge in [0.25, 0.3) is 0 Å². The Labute approximate surface area is 176 Å². The van der Waals surface area contributed by atoms with Crippen LogP contribution in [0.25, 0.3) is 12.2 Å². The summed E-state index contributed by atoms with van der Waals surface area (Å²) in [6.07, 6.45) is 3.76. The number of aromatic amines is 1. The van der Waals surface area contributed by atoms with Crippen molar-refractivity contribution in [1.82, 2.24) is 15.2 Å². The zero-order chi connectivity index (χ0) is 20.6. The molecule has 0 saturated heterocycles. The highest BCUT2D eigenvalue weighted by Gasteiger charge is 2.16. The highest BCUT2D eigenvalue weighted by Crippen LogP contribution is 2.27. The molecule has 2 heterocycles. The molecule has 3 rings (SSSR count). The van der Waals surface area contributed by atoms with Gasteiger partial charge in [-0.2, -0.15) is 0 Å². The van der Waals surface area contributed by atoms with Gasteiger partial charge in [0.2, 0.25) is 11.1 Å². The van der Waals surface area contributed by atoms with Crippen LogP contribution in [0.3, 0.4) is 0 Å². The molecule has 0 spiro atoms. The van der Waals surface area contributed by atoms with Crippen molar-refractivity contribution < 1.29 is 14.3 Å². The van der Waals surface area contributed by atoms with Gasteiger partial charge >= 0.3 is 5.97 Å². The first-order valence-electron chi connectivity index (χ1n) is 8.91. The van der Waals surface area contributed by atoms with E-state index in [1.807, 2.05) is 49.4 Å². The molecule has 0 unspecified atom stereocenters. The molecule has 0 bridgehead atoms. The van der Waals surface area contributed by atoms with Crippen LogP contribution in [0.5, 0.6) is 0 Å². The Morgan fingerprint density at radius 3 is 2.83 bits per heavy atom. The summed E-state index contributed by atoms with van der Waals surface area (Å²) in [5.74, 6) is 0.204. The van der Waals surface area contributed by atoms with Crippen molar-refractivity contribution >= 4 is 52.1 Å². The Kier molecular flexibility index (Phi) is 7.20. The van der Waals surface area contributed by atoms with Gasteiger partial charge in [-0.05, 0) is 37.1 Å². The number of nitrogens with zero attached hydrogens (tertiary/aromatic N) is 2. The Bertz CT molecular complexity index is 1010. The summed E-state index contributed by atoms with van der Waals surface area (Å²) in [5, 5.41) is 10.8. The van der Waals surface area contributed by atoms with Crippen molar-refractivity contribution in [2.75, 3.05) is 17.7 Å². The highest BCUT2D eigenvalue weighted by molar-refractivity contribution is 7.99. The largest absolute Gasteiger partial charge is 0.462 e. The number of hydrogen-bond donors (Lipinski definition) is 2. The number of hydrogen-bond acceptors (Lipinski definition) is 7. The summed E-state index contributed by atoms with van der Waals surface area (Å²) in [5.41, 5.74) is 1.84. The second-order valence-electron chi connectivity index (χ2n) is 5.93. The number of aryl methyl sites for hydroxylation is 1. The van der Waals surface area contributed by atoms with E-state index in [9.17, 15) is 9.59 Å². The number of carbonyl (C=O) groups excluding carboxylic acids is 2. The van der Waals surface area contributed by atoms with Gasteiger partial charge < -0.3 is 10.1 Å². The maximum Gasteiger partial charge on any atom is 0.348 e. The normalized spacial score (nSPS) is 11.0. The van der Waals surface area contributed by atoms with Crippen molar-refractivity contribution in [3.8, 4) is 0 Å². The molecule has 1 aromatic carbocycles. The first-order chi connectivity index (χ1) is 14.0. The zero-order valence-corrected chi connectivity index (χ0v) is 17.6. The molecule has 2 N–H and O–H groups in total. The lowest BCUT2D eigenvalue weighted by molar-refractivity contribution is -0.113. The van der Waals surface area contributed by atoms with Gasteiger partial charge in [0.05, 0.1) is 17.4 Å². The van der Waals surface area contributed by atoms with Crippen molar-refractivity contribution in [3.63, 3.8) is 0 Å². The van der Waals surface area contributed by atoms with Gasteiger partial charge in [-0.25, -0.2) is 9.78 Å². The molecule has 9 heteroatoms. The van der Waals surface area contributed by atoms with Gasteiger partial charge in [0.1, 0.15) is 10.7 Å². The van der Waals surface area contributed by atoms with E-state index in [1.165, 1.54) is 23.1 Å². The number of aromatic nitrogens is 3. The van der Waals surface area contributed by atoms with E-state index in [0.717, 1.165) is 11.1 Å². The number of nitrogens with one attached hydrogen (secondary N) is 2. The molecule has 1 amide bonds. The first kappa shape index (κ1) is 20.8. The predicted octanol–water partition coefficient (Wildman–Crippen LogP) is 4.25. The third-order valence-electron chi connectivity index (χ3n) is 3.69. The highest BCUT2D eigenvalue weighted by atomic mass is 32.2. The van der Waals surface area contributed by atoms with E-state index >= 15 is 0 Å². The Morgan fingerprint density at radius 2 is 2.07 bits per heavy atom. The number of carbonyl (C=O) groups is 2. The van der Waals surface area contributed by atoms with E-state index in [-0.39, 0.29) is 17.6 Å². The summed E-state index contributed by atoms with van der Waals surface area (Å²) < 4.78 is 5.01. The van der Waals surface area contributed by atoms with Crippen LogP contribution in [0.1, 0.15) is 33.5 Å². The molecular weight excluding hydrogens is 408 g/mol. The van der Waals surface area contributed by atoms with E-state index in [4.69, 9.17) is 4.74 Å². The Morgan fingerprint density at radius 1 is 1.28 bits per heavy atom. The molecule has 0 aliphatic carbocycles. The zero-order valence-electron chi connectivity index (χ0n) is 16.0. The Hall–Kier alpha value is -2.91. The number of ether oxygens (including phenoxy) is 1. The van der Waals surface area contributed by atoms with Crippen molar-refractivity contribution in [1.29, 1.82) is 0 Å². The maximum atomic E-state index is 12.2. The van der Waals surface area contributed by atoms with E-state index in [0.29, 0.717) is 27.5 Å². The molecule has 150 valence electrons. The second-order valence-corrected chi connectivity index (χ2v) is 7.92. The topological polar surface area (TPSA) is 97.0 Å². The third kappa shape index (κ3) is 6.03. The van der Waals surface area contributed by atoms with E-state index in [1.54, 1.807) is 13.0 Å². The summed E-state index contributed by atoms with van der Waals surface area (Å²) >= 11 is 2.43. The average molecular weight is 429 g/mol. The lowest BCUT2D eigenvalue weighted by Gasteiger charge is -2.00. The molecule has 29 heavy (non-hydrogen) atoms. The van der Waals surface area contributed by atoms with Crippen LogP contribution in [0.2, 0.25) is 0 Å². The molecule has 2 aromatic heterocycles.